The number of fused-ring (bicyclic) bond motifs is 6. The van der Waals surface area contributed by atoms with Crippen LogP contribution < -0.4 is 0 Å². The molecule has 0 saturated carbocycles. The molecule has 0 amide bonds. The monoisotopic (exact) mass is 688 g/mol. The average molecular weight is 689 g/mol. The molecule has 0 saturated heterocycles. The Morgan fingerprint density at radius 2 is 0.944 bits per heavy atom. The summed E-state index contributed by atoms with van der Waals surface area (Å²) in [4.78, 5) is 9.88. The van der Waals surface area contributed by atoms with E-state index in [0.717, 1.165) is 60.7 Å². The molecule has 0 bridgehead atoms. The Balaban J connectivity index is 1.23. The second kappa shape index (κ2) is 12.5. The van der Waals surface area contributed by atoms with E-state index in [2.05, 4.69) is 100 Å². The lowest BCUT2D eigenvalue weighted by molar-refractivity contribution is 1.15. The van der Waals surface area contributed by atoms with Crippen molar-refractivity contribution in [2.24, 2.45) is 0 Å². The van der Waals surface area contributed by atoms with Crippen molar-refractivity contribution in [2.45, 2.75) is 0 Å². The number of hydrogen-bond donors (Lipinski definition) is 0. The van der Waals surface area contributed by atoms with Gasteiger partial charge in [-0.2, -0.15) is 10.5 Å². The van der Waals surface area contributed by atoms with Crippen LogP contribution >= 0.6 is 0 Å². The molecule has 0 spiro atoms. The van der Waals surface area contributed by atoms with Gasteiger partial charge in [0.15, 0.2) is 5.82 Å². The largest absolute Gasteiger partial charge is 0.309 e. The van der Waals surface area contributed by atoms with E-state index in [9.17, 15) is 10.5 Å². The zero-order valence-corrected chi connectivity index (χ0v) is 28.8. The highest BCUT2D eigenvalue weighted by Crippen LogP contribution is 2.41. The van der Waals surface area contributed by atoms with Crippen LogP contribution in [0.25, 0.3) is 88.9 Å². The van der Waals surface area contributed by atoms with E-state index in [1.54, 1.807) is 0 Å². The Bertz CT molecular complexity index is 3160. The van der Waals surface area contributed by atoms with E-state index in [1.165, 1.54) is 5.39 Å². The first-order chi connectivity index (χ1) is 26.7. The lowest BCUT2D eigenvalue weighted by Gasteiger charge is -2.15. The summed E-state index contributed by atoms with van der Waals surface area (Å²) in [6.07, 6.45) is 0. The summed E-state index contributed by atoms with van der Waals surface area (Å²) < 4.78 is 4.50. The van der Waals surface area contributed by atoms with Gasteiger partial charge >= 0.3 is 0 Å². The summed E-state index contributed by atoms with van der Waals surface area (Å²) in [5.41, 5.74) is 10.2. The molecule has 0 aliphatic carbocycles. The fraction of sp³-hybridized carbons (Fsp3) is 0. The quantitative estimate of drug-likeness (QED) is 0.180. The Morgan fingerprint density at radius 1 is 0.407 bits per heavy atom. The fourth-order valence-electron chi connectivity index (χ4n) is 7.81. The van der Waals surface area contributed by atoms with Gasteiger partial charge in [0.05, 0.1) is 44.7 Å². The lowest BCUT2D eigenvalue weighted by atomic mass is 9.98. The number of hydrogen-bond acceptors (Lipinski definition) is 4. The van der Waals surface area contributed by atoms with Gasteiger partial charge in [0, 0.05) is 43.9 Å². The van der Waals surface area contributed by atoms with Crippen molar-refractivity contribution >= 4 is 43.6 Å². The van der Waals surface area contributed by atoms with Crippen LogP contribution in [0, 0.1) is 22.7 Å². The Kier molecular flexibility index (Phi) is 7.15. The van der Waals surface area contributed by atoms with Crippen molar-refractivity contribution in [3.8, 4) is 57.4 Å². The average Bonchev–Trinajstić information content (AvgIpc) is 3.74. The van der Waals surface area contributed by atoms with Crippen LogP contribution in [-0.4, -0.2) is 19.1 Å². The van der Waals surface area contributed by atoms with Gasteiger partial charge < -0.3 is 9.13 Å². The zero-order valence-electron chi connectivity index (χ0n) is 28.8. The zero-order chi connectivity index (χ0) is 36.2. The number of aromatic nitrogens is 4. The molecule has 0 aliphatic rings. The first-order valence-electron chi connectivity index (χ1n) is 17.7. The summed E-state index contributed by atoms with van der Waals surface area (Å²) >= 11 is 0. The SMILES string of the molecule is N#Cc1cc(-c2nc(-c3ccccc3)nc(-c3ccccc3)c2C#N)ccc1-n1c2ccccc2c2cc3c4ccccc4n(-c4ccccc4)c3cc21. The Labute approximate surface area is 310 Å². The second-order valence-corrected chi connectivity index (χ2v) is 13.2. The number of para-hydroxylation sites is 3. The molecule has 10 aromatic rings. The maximum atomic E-state index is 10.8. The number of rotatable bonds is 5. The van der Waals surface area contributed by atoms with E-state index in [0.29, 0.717) is 33.9 Å². The van der Waals surface area contributed by atoms with E-state index >= 15 is 0 Å². The molecule has 6 nitrogen and oxygen atoms in total. The van der Waals surface area contributed by atoms with E-state index in [4.69, 9.17) is 9.97 Å². The van der Waals surface area contributed by atoms with Gasteiger partial charge in [-0.3, -0.25) is 0 Å². The van der Waals surface area contributed by atoms with Crippen LogP contribution in [0.15, 0.2) is 170 Å². The highest BCUT2D eigenvalue weighted by Gasteiger charge is 2.22. The van der Waals surface area contributed by atoms with Gasteiger partial charge in [-0.25, -0.2) is 9.97 Å². The maximum absolute atomic E-state index is 10.8. The normalized spacial score (nSPS) is 11.3. The predicted octanol–water partition coefficient (Wildman–Crippen LogP) is 11.4. The molecule has 6 heteroatoms. The van der Waals surface area contributed by atoms with Gasteiger partial charge in [0.1, 0.15) is 17.7 Å². The molecule has 3 heterocycles. The molecule has 0 radical (unpaired) electrons. The van der Waals surface area contributed by atoms with Crippen molar-refractivity contribution in [3.63, 3.8) is 0 Å². The fourth-order valence-corrected chi connectivity index (χ4v) is 7.81. The van der Waals surface area contributed by atoms with Crippen molar-refractivity contribution in [2.75, 3.05) is 0 Å². The third-order valence-corrected chi connectivity index (χ3v) is 10.2. The van der Waals surface area contributed by atoms with Crippen LogP contribution in [-0.2, 0) is 0 Å². The van der Waals surface area contributed by atoms with Crippen LogP contribution in [0.3, 0.4) is 0 Å². The third kappa shape index (κ3) is 4.79. The summed E-state index contributed by atoms with van der Waals surface area (Å²) in [5, 5.41) is 26.0. The van der Waals surface area contributed by atoms with Crippen molar-refractivity contribution < 1.29 is 0 Å². The standard InChI is InChI=1S/C48H28N6/c49-29-34-26-33(47-40(30-50)46(31-14-4-1-5-15-31)51-48(52-47)32-16-6-2-7-17-32)24-25-41(34)54-43-23-13-11-21-37(43)39-27-38-36-20-10-12-22-42(36)53(44(38)28-45(39)54)35-18-8-3-9-19-35/h1-28H. The number of benzene rings is 7. The molecule has 0 unspecified atom stereocenters. The molecule has 250 valence electrons. The van der Waals surface area contributed by atoms with E-state index < -0.39 is 0 Å². The van der Waals surface area contributed by atoms with Crippen LogP contribution in [0.5, 0.6) is 0 Å². The topological polar surface area (TPSA) is 83.2 Å². The lowest BCUT2D eigenvalue weighted by Crippen LogP contribution is -2.02. The van der Waals surface area contributed by atoms with Gasteiger partial charge in [0.2, 0.25) is 0 Å². The molecule has 0 atom stereocenters. The summed E-state index contributed by atoms with van der Waals surface area (Å²) in [5.74, 6) is 0.506. The van der Waals surface area contributed by atoms with Crippen LogP contribution in [0.4, 0.5) is 0 Å². The maximum Gasteiger partial charge on any atom is 0.160 e. The van der Waals surface area contributed by atoms with Gasteiger partial charge in [-0.1, -0.05) is 121 Å². The smallest absolute Gasteiger partial charge is 0.160 e. The molecule has 54 heavy (non-hydrogen) atoms. The Hall–Kier alpha value is -7.80. The molecule has 3 aromatic heterocycles. The number of nitrogens with zero attached hydrogens (tertiary/aromatic N) is 6. The molecule has 0 fully saturated rings. The minimum absolute atomic E-state index is 0.352. The van der Waals surface area contributed by atoms with Crippen LogP contribution in [0.2, 0.25) is 0 Å². The highest BCUT2D eigenvalue weighted by atomic mass is 15.0. The van der Waals surface area contributed by atoms with Crippen molar-refractivity contribution in [1.82, 2.24) is 19.1 Å². The molecule has 0 N–H and O–H groups in total. The minimum atomic E-state index is 0.352. The first-order valence-corrected chi connectivity index (χ1v) is 17.7. The second-order valence-electron chi connectivity index (χ2n) is 13.2. The van der Waals surface area contributed by atoms with Crippen LogP contribution in [0.1, 0.15) is 11.1 Å². The predicted molar refractivity (Wildman–Crippen MR) is 216 cm³/mol. The third-order valence-electron chi connectivity index (χ3n) is 10.2. The first kappa shape index (κ1) is 31.0. The van der Waals surface area contributed by atoms with Crippen molar-refractivity contribution in [3.05, 3.63) is 181 Å². The summed E-state index contributed by atoms with van der Waals surface area (Å²) in [6, 6.07) is 62.0. The summed E-state index contributed by atoms with van der Waals surface area (Å²) in [7, 11) is 0. The Morgan fingerprint density at radius 3 is 1.57 bits per heavy atom. The van der Waals surface area contributed by atoms with Gasteiger partial charge in [-0.05, 0) is 48.5 Å². The van der Waals surface area contributed by atoms with Crippen molar-refractivity contribution in [1.29, 1.82) is 10.5 Å². The van der Waals surface area contributed by atoms with Gasteiger partial charge in [0.25, 0.3) is 0 Å². The number of nitriles is 2. The molecule has 0 aliphatic heterocycles. The van der Waals surface area contributed by atoms with E-state index in [-0.39, 0.29) is 0 Å². The van der Waals surface area contributed by atoms with Gasteiger partial charge in [-0.15, -0.1) is 0 Å². The molecular formula is C48H28N6. The van der Waals surface area contributed by atoms with E-state index in [1.807, 2.05) is 91.0 Å². The minimum Gasteiger partial charge on any atom is -0.309 e. The molecular weight excluding hydrogens is 661 g/mol. The molecule has 10 rings (SSSR count). The highest BCUT2D eigenvalue weighted by molar-refractivity contribution is 6.19. The summed E-state index contributed by atoms with van der Waals surface area (Å²) in [6.45, 7) is 0. The molecule has 7 aromatic carbocycles.